The molecule has 6 heteroatoms. The fourth-order valence-electron chi connectivity index (χ4n) is 2.81. The van der Waals surface area contributed by atoms with E-state index in [0.717, 1.165) is 10.0 Å². The van der Waals surface area contributed by atoms with Gasteiger partial charge in [-0.1, -0.05) is 35.0 Å². The van der Waals surface area contributed by atoms with Gasteiger partial charge >= 0.3 is 12.0 Å². The van der Waals surface area contributed by atoms with Gasteiger partial charge in [-0.05, 0) is 37.0 Å². The molecule has 120 valence electrons. The standard InChI is InChI=1S/C16H21BrN2O3/c1-10-7-13(15(20)21)9-19(8-10)16(22)18-11(2)12-3-5-14(17)6-4-12/h3-6,10-11,13H,7-9H2,1-2H3,(H,18,22)(H,20,21). The molecule has 0 aromatic heterocycles. The lowest BCUT2D eigenvalue weighted by atomic mass is 9.91. The Morgan fingerprint density at radius 1 is 1.32 bits per heavy atom. The van der Waals surface area contributed by atoms with Crippen molar-refractivity contribution in [2.45, 2.75) is 26.3 Å². The highest BCUT2D eigenvalue weighted by atomic mass is 79.9. The summed E-state index contributed by atoms with van der Waals surface area (Å²) in [6, 6.07) is 7.44. The number of halogens is 1. The molecule has 1 aromatic rings. The number of nitrogens with one attached hydrogen (secondary N) is 1. The van der Waals surface area contributed by atoms with E-state index >= 15 is 0 Å². The third-order valence-corrected chi connectivity index (χ3v) is 4.53. The summed E-state index contributed by atoms with van der Waals surface area (Å²) < 4.78 is 0.990. The van der Waals surface area contributed by atoms with Crippen LogP contribution >= 0.6 is 15.9 Å². The fraction of sp³-hybridized carbons (Fsp3) is 0.500. The first-order chi connectivity index (χ1) is 10.4. The summed E-state index contributed by atoms with van der Waals surface area (Å²) in [5.41, 5.74) is 1.01. The second kappa shape index (κ2) is 7.13. The SMILES string of the molecule is CC1CC(C(=O)O)CN(C(=O)NC(C)c2ccc(Br)cc2)C1. The first kappa shape index (κ1) is 16.8. The van der Waals surface area contributed by atoms with E-state index in [2.05, 4.69) is 21.2 Å². The minimum atomic E-state index is -0.828. The molecule has 22 heavy (non-hydrogen) atoms. The van der Waals surface area contributed by atoms with Crippen LogP contribution < -0.4 is 5.32 Å². The molecule has 2 rings (SSSR count). The summed E-state index contributed by atoms with van der Waals surface area (Å²) in [4.78, 5) is 25.2. The van der Waals surface area contributed by atoms with Gasteiger partial charge in [0.05, 0.1) is 12.0 Å². The highest BCUT2D eigenvalue weighted by Gasteiger charge is 2.32. The number of carboxylic acids is 1. The van der Waals surface area contributed by atoms with Crippen molar-refractivity contribution in [2.24, 2.45) is 11.8 Å². The maximum Gasteiger partial charge on any atom is 0.317 e. The normalized spacial score (nSPS) is 23.0. The van der Waals surface area contributed by atoms with Crippen LogP contribution in [0, 0.1) is 11.8 Å². The lowest BCUT2D eigenvalue weighted by Crippen LogP contribution is -2.49. The second-order valence-corrected chi connectivity index (χ2v) is 6.92. The largest absolute Gasteiger partial charge is 0.481 e. The maximum absolute atomic E-state index is 12.4. The molecule has 0 spiro atoms. The summed E-state index contributed by atoms with van der Waals surface area (Å²) in [5.74, 6) is -1.11. The molecule has 1 aromatic carbocycles. The molecule has 0 radical (unpaired) electrons. The molecule has 1 heterocycles. The molecular formula is C16H21BrN2O3. The number of carboxylic acid groups (broad SMARTS) is 1. The van der Waals surface area contributed by atoms with Crippen molar-refractivity contribution in [3.8, 4) is 0 Å². The Bertz CT molecular complexity index is 547. The molecule has 0 aliphatic carbocycles. The van der Waals surface area contributed by atoms with Crippen molar-refractivity contribution < 1.29 is 14.7 Å². The number of nitrogens with zero attached hydrogens (tertiary/aromatic N) is 1. The van der Waals surface area contributed by atoms with Crippen LogP contribution in [0.3, 0.4) is 0 Å². The number of amides is 2. The molecule has 3 atom stereocenters. The molecule has 0 bridgehead atoms. The number of rotatable bonds is 3. The molecule has 5 nitrogen and oxygen atoms in total. The minimum absolute atomic E-state index is 0.124. The zero-order valence-electron chi connectivity index (χ0n) is 12.8. The highest BCUT2D eigenvalue weighted by Crippen LogP contribution is 2.23. The number of carbonyl (C=O) groups excluding carboxylic acids is 1. The van der Waals surface area contributed by atoms with Crippen LogP contribution in [-0.4, -0.2) is 35.1 Å². The molecule has 1 aliphatic rings. The Morgan fingerprint density at radius 3 is 2.55 bits per heavy atom. The number of urea groups is 1. The first-order valence-corrected chi connectivity index (χ1v) is 8.19. The summed E-state index contributed by atoms with van der Waals surface area (Å²) >= 11 is 3.38. The number of aliphatic carboxylic acids is 1. The first-order valence-electron chi connectivity index (χ1n) is 7.40. The highest BCUT2D eigenvalue weighted by molar-refractivity contribution is 9.10. The van der Waals surface area contributed by atoms with Gasteiger partial charge in [-0.2, -0.15) is 0 Å². The fourth-order valence-corrected chi connectivity index (χ4v) is 3.07. The number of hydrogen-bond donors (Lipinski definition) is 2. The Balaban J connectivity index is 1.98. The Kier molecular flexibility index (Phi) is 5.45. The summed E-state index contributed by atoms with van der Waals surface area (Å²) in [6.45, 7) is 4.78. The topological polar surface area (TPSA) is 69.6 Å². The molecular weight excluding hydrogens is 348 g/mol. The lowest BCUT2D eigenvalue weighted by molar-refractivity contribution is -0.143. The van der Waals surface area contributed by atoms with Gasteiger partial charge < -0.3 is 15.3 Å². The quantitative estimate of drug-likeness (QED) is 0.859. The zero-order valence-corrected chi connectivity index (χ0v) is 14.3. The van der Waals surface area contributed by atoms with Crippen LogP contribution in [0.2, 0.25) is 0 Å². The molecule has 3 unspecified atom stereocenters. The smallest absolute Gasteiger partial charge is 0.317 e. The average molecular weight is 369 g/mol. The molecule has 0 saturated carbocycles. The van der Waals surface area contributed by atoms with Gasteiger partial charge in [-0.3, -0.25) is 4.79 Å². The second-order valence-electron chi connectivity index (χ2n) is 6.00. The molecule has 2 amide bonds. The van der Waals surface area contributed by atoms with Crippen molar-refractivity contribution in [1.29, 1.82) is 0 Å². The van der Waals surface area contributed by atoms with Crippen LogP contribution in [0.5, 0.6) is 0 Å². The lowest BCUT2D eigenvalue weighted by Gasteiger charge is -2.35. The van der Waals surface area contributed by atoms with Crippen molar-refractivity contribution >= 4 is 27.9 Å². The minimum Gasteiger partial charge on any atom is -0.481 e. The van der Waals surface area contributed by atoms with Crippen LogP contribution in [-0.2, 0) is 4.79 Å². The van der Waals surface area contributed by atoms with Crippen LogP contribution in [0.15, 0.2) is 28.7 Å². The van der Waals surface area contributed by atoms with E-state index < -0.39 is 11.9 Å². The Morgan fingerprint density at radius 2 is 1.95 bits per heavy atom. The number of carbonyl (C=O) groups is 2. The molecule has 1 saturated heterocycles. The third kappa shape index (κ3) is 4.22. The van der Waals surface area contributed by atoms with Gasteiger partial charge in [-0.25, -0.2) is 4.79 Å². The van der Waals surface area contributed by atoms with Gasteiger partial charge in [0.1, 0.15) is 0 Å². The monoisotopic (exact) mass is 368 g/mol. The van der Waals surface area contributed by atoms with E-state index in [0.29, 0.717) is 13.0 Å². The van der Waals surface area contributed by atoms with Crippen molar-refractivity contribution in [1.82, 2.24) is 10.2 Å². The molecule has 1 aliphatic heterocycles. The van der Waals surface area contributed by atoms with Gasteiger partial charge in [0.2, 0.25) is 0 Å². The van der Waals surface area contributed by atoms with E-state index in [-0.39, 0.29) is 24.5 Å². The number of hydrogen-bond acceptors (Lipinski definition) is 2. The van der Waals surface area contributed by atoms with Crippen LogP contribution in [0.25, 0.3) is 0 Å². The molecule has 2 N–H and O–H groups in total. The maximum atomic E-state index is 12.4. The van der Waals surface area contributed by atoms with E-state index in [4.69, 9.17) is 0 Å². The predicted molar refractivity (Wildman–Crippen MR) is 87.6 cm³/mol. The van der Waals surface area contributed by atoms with Crippen LogP contribution in [0.1, 0.15) is 31.9 Å². The number of likely N-dealkylation sites (tertiary alicyclic amines) is 1. The average Bonchev–Trinajstić information content (AvgIpc) is 2.47. The molecule has 1 fully saturated rings. The third-order valence-electron chi connectivity index (χ3n) is 4.01. The Labute approximate surface area is 138 Å². The van der Waals surface area contributed by atoms with Gasteiger partial charge in [0, 0.05) is 17.6 Å². The zero-order chi connectivity index (χ0) is 16.3. The summed E-state index contributed by atoms with van der Waals surface area (Å²) in [7, 11) is 0. The summed E-state index contributed by atoms with van der Waals surface area (Å²) in [6.07, 6.45) is 0.626. The van der Waals surface area contributed by atoms with Gasteiger partial charge in [-0.15, -0.1) is 0 Å². The van der Waals surface area contributed by atoms with Crippen molar-refractivity contribution in [2.75, 3.05) is 13.1 Å². The van der Waals surface area contributed by atoms with Gasteiger partial charge in [0.25, 0.3) is 0 Å². The predicted octanol–water partition coefficient (Wildman–Crippen LogP) is 3.26. The van der Waals surface area contributed by atoms with E-state index in [1.54, 1.807) is 4.90 Å². The van der Waals surface area contributed by atoms with Crippen LogP contribution in [0.4, 0.5) is 4.79 Å². The van der Waals surface area contributed by atoms with E-state index in [1.165, 1.54) is 0 Å². The van der Waals surface area contributed by atoms with Crippen molar-refractivity contribution in [3.05, 3.63) is 34.3 Å². The van der Waals surface area contributed by atoms with Gasteiger partial charge in [0.15, 0.2) is 0 Å². The van der Waals surface area contributed by atoms with E-state index in [9.17, 15) is 14.7 Å². The summed E-state index contributed by atoms with van der Waals surface area (Å²) in [5, 5.41) is 12.1. The van der Waals surface area contributed by atoms with E-state index in [1.807, 2.05) is 38.1 Å². The number of benzene rings is 1. The van der Waals surface area contributed by atoms with Crippen molar-refractivity contribution in [3.63, 3.8) is 0 Å². The Hall–Kier alpha value is -1.56. The number of piperidine rings is 1.